The molecule has 1 aromatic carbocycles. The molecule has 1 fully saturated rings. The normalized spacial score (nSPS) is 17.4. The van der Waals surface area contributed by atoms with Gasteiger partial charge in [-0.2, -0.15) is 4.31 Å². The third-order valence-electron chi connectivity index (χ3n) is 4.25. The standard InChI is InChI=1S/C16H26N2O4S/c1-13-12-16(14(2)11-15(13)22-4)23(19,20)18-7-5-17(6-8-18)9-10-21-3/h11-12H,5-10H2,1-4H3. The van der Waals surface area contributed by atoms with Crippen LogP contribution in [0.2, 0.25) is 0 Å². The van der Waals surface area contributed by atoms with Crippen LogP contribution in [0.1, 0.15) is 11.1 Å². The molecule has 1 aliphatic heterocycles. The predicted octanol–water partition coefficient (Wildman–Crippen LogP) is 1.26. The van der Waals surface area contributed by atoms with Gasteiger partial charge in [-0.15, -0.1) is 0 Å². The number of rotatable bonds is 6. The molecule has 23 heavy (non-hydrogen) atoms. The average Bonchev–Trinajstić information content (AvgIpc) is 2.54. The van der Waals surface area contributed by atoms with Gasteiger partial charge >= 0.3 is 0 Å². The lowest BCUT2D eigenvalue weighted by Crippen LogP contribution is -2.49. The largest absolute Gasteiger partial charge is 0.496 e. The van der Waals surface area contributed by atoms with Crippen molar-refractivity contribution in [3.05, 3.63) is 23.3 Å². The van der Waals surface area contributed by atoms with Crippen LogP contribution in [-0.2, 0) is 14.8 Å². The molecule has 1 saturated heterocycles. The Hall–Kier alpha value is -1.15. The molecule has 0 spiro atoms. The van der Waals surface area contributed by atoms with Gasteiger partial charge in [-0.05, 0) is 37.1 Å². The van der Waals surface area contributed by atoms with Crippen molar-refractivity contribution in [1.29, 1.82) is 0 Å². The summed E-state index contributed by atoms with van der Waals surface area (Å²) in [5, 5.41) is 0. The van der Waals surface area contributed by atoms with Crippen molar-refractivity contribution in [3.8, 4) is 5.75 Å². The van der Waals surface area contributed by atoms with Crippen molar-refractivity contribution in [3.63, 3.8) is 0 Å². The van der Waals surface area contributed by atoms with E-state index in [1.807, 2.05) is 13.8 Å². The summed E-state index contributed by atoms with van der Waals surface area (Å²) in [4.78, 5) is 2.60. The lowest BCUT2D eigenvalue weighted by atomic mass is 10.1. The fourth-order valence-electron chi connectivity index (χ4n) is 2.81. The molecule has 0 aromatic heterocycles. The minimum absolute atomic E-state index is 0.376. The van der Waals surface area contributed by atoms with Crippen LogP contribution in [0.4, 0.5) is 0 Å². The number of aryl methyl sites for hydroxylation is 2. The van der Waals surface area contributed by atoms with Crippen LogP contribution < -0.4 is 4.74 Å². The molecular weight excluding hydrogens is 316 g/mol. The Morgan fingerprint density at radius 3 is 2.26 bits per heavy atom. The molecule has 1 heterocycles. The second-order valence-electron chi connectivity index (χ2n) is 5.83. The van der Waals surface area contributed by atoms with Gasteiger partial charge in [0, 0.05) is 39.8 Å². The average molecular weight is 342 g/mol. The highest BCUT2D eigenvalue weighted by atomic mass is 32.2. The molecule has 0 N–H and O–H groups in total. The molecule has 0 atom stereocenters. The highest BCUT2D eigenvalue weighted by molar-refractivity contribution is 7.89. The number of hydrogen-bond acceptors (Lipinski definition) is 5. The van der Waals surface area contributed by atoms with Crippen molar-refractivity contribution >= 4 is 10.0 Å². The number of hydrogen-bond donors (Lipinski definition) is 0. The van der Waals surface area contributed by atoms with E-state index in [2.05, 4.69) is 4.90 Å². The van der Waals surface area contributed by atoms with Crippen molar-refractivity contribution < 1.29 is 17.9 Å². The summed E-state index contributed by atoms with van der Waals surface area (Å²) >= 11 is 0. The zero-order valence-electron chi connectivity index (χ0n) is 14.3. The third-order valence-corrected chi connectivity index (χ3v) is 6.29. The number of nitrogens with zero attached hydrogens (tertiary/aromatic N) is 2. The number of ether oxygens (including phenoxy) is 2. The van der Waals surface area contributed by atoms with Crippen LogP contribution in [0.5, 0.6) is 5.75 Å². The second kappa shape index (κ2) is 7.61. The van der Waals surface area contributed by atoms with E-state index in [4.69, 9.17) is 9.47 Å². The lowest BCUT2D eigenvalue weighted by molar-refractivity contribution is 0.123. The second-order valence-corrected chi connectivity index (χ2v) is 7.73. The van der Waals surface area contributed by atoms with Gasteiger partial charge in [0.2, 0.25) is 10.0 Å². The molecule has 1 aromatic rings. The van der Waals surface area contributed by atoms with Crippen molar-refractivity contribution in [1.82, 2.24) is 9.21 Å². The zero-order valence-corrected chi connectivity index (χ0v) is 15.1. The quantitative estimate of drug-likeness (QED) is 0.779. The first-order chi connectivity index (χ1) is 10.9. The van der Waals surface area contributed by atoms with E-state index >= 15 is 0 Å². The first-order valence-corrected chi connectivity index (χ1v) is 9.21. The van der Waals surface area contributed by atoms with E-state index in [-0.39, 0.29) is 0 Å². The summed E-state index contributed by atoms with van der Waals surface area (Å²) in [6.07, 6.45) is 0. The summed E-state index contributed by atoms with van der Waals surface area (Å²) in [7, 11) is -0.196. The fourth-order valence-corrected chi connectivity index (χ4v) is 4.53. The SMILES string of the molecule is COCCN1CCN(S(=O)(=O)c2cc(C)c(OC)cc2C)CC1. The predicted molar refractivity (Wildman–Crippen MR) is 89.5 cm³/mol. The van der Waals surface area contributed by atoms with Gasteiger partial charge in [0.1, 0.15) is 5.75 Å². The Morgan fingerprint density at radius 1 is 1.04 bits per heavy atom. The molecule has 130 valence electrons. The fraction of sp³-hybridized carbons (Fsp3) is 0.625. The summed E-state index contributed by atoms with van der Waals surface area (Å²) in [6, 6.07) is 3.50. The molecule has 0 aliphatic carbocycles. The van der Waals surface area contributed by atoms with Crippen LogP contribution in [-0.4, -0.2) is 71.2 Å². The van der Waals surface area contributed by atoms with Gasteiger partial charge < -0.3 is 9.47 Å². The molecule has 7 heteroatoms. The Balaban J connectivity index is 2.15. The van der Waals surface area contributed by atoms with E-state index in [9.17, 15) is 8.42 Å². The number of sulfonamides is 1. The van der Waals surface area contributed by atoms with Crippen LogP contribution in [0.3, 0.4) is 0 Å². The summed E-state index contributed by atoms with van der Waals surface area (Å²) < 4.78 is 37.8. The summed E-state index contributed by atoms with van der Waals surface area (Å²) in [5.41, 5.74) is 1.55. The van der Waals surface area contributed by atoms with E-state index in [1.165, 1.54) is 0 Å². The molecule has 0 bridgehead atoms. The number of methoxy groups -OCH3 is 2. The Bertz CT molecular complexity index is 638. The van der Waals surface area contributed by atoms with Crippen molar-refractivity contribution in [2.45, 2.75) is 18.7 Å². The highest BCUT2D eigenvalue weighted by Gasteiger charge is 2.30. The first-order valence-electron chi connectivity index (χ1n) is 7.77. The van der Waals surface area contributed by atoms with Crippen LogP contribution in [0.25, 0.3) is 0 Å². The maximum absolute atomic E-state index is 12.9. The van der Waals surface area contributed by atoms with E-state index in [0.717, 1.165) is 25.2 Å². The van der Waals surface area contributed by atoms with Gasteiger partial charge in [0.05, 0.1) is 18.6 Å². The van der Waals surface area contributed by atoms with Crippen LogP contribution >= 0.6 is 0 Å². The smallest absolute Gasteiger partial charge is 0.243 e. The van der Waals surface area contributed by atoms with E-state index in [0.29, 0.717) is 35.9 Å². The van der Waals surface area contributed by atoms with Gasteiger partial charge in [0.15, 0.2) is 0 Å². The lowest BCUT2D eigenvalue weighted by Gasteiger charge is -2.34. The van der Waals surface area contributed by atoms with Crippen LogP contribution in [0.15, 0.2) is 17.0 Å². The molecule has 0 saturated carbocycles. The third kappa shape index (κ3) is 4.03. The van der Waals surface area contributed by atoms with Crippen molar-refractivity contribution in [2.75, 3.05) is 53.6 Å². The van der Waals surface area contributed by atoms with Gasteiger partial charge in [-0.25, -0.2) is 8.42 Å². The van der Waals surface area contributed by atoms with Gasteiger partial charge in [0.25, 0.3) is 0 Å². The Kier molecular flexibility index (Phi) is 6.02. The minimum Gasteiger partial charge on any atom is -0.496 e. The summed E-state index contributed by atoms with van der Waals surface area (Å²) in [5.74, 6) is 0.714. The first kappa shape index (κ1) is 18.2. The highest BCUT2D eigenvalue weighted by Crippen LogP contribution is 2.28. The van der Waals surface area contributed by atoms with Gasteiger partial charge in [-0.3, -0.25) is 4.90 Å². The van der Waals surface area contributed by atoms with Gasteiger partial charge in [-0.1, -0.05) is 0 Å². The molecular formula is C16H26N2O4S. The summed E-state index contributed by atoms with van der Waals surface area (Å²) in [6.45, 7) is 7.67. The number of benzene rings is 1. The molecule has 1 aliphatic rings. The topological polar surface area (TPSA) is 59.1 Å². The van der Waals surface area contributed by atoms with Crippen molar-refractivity contribution in [2.24, 2.45) is 0 Å². The Labute approximate surface area is 139 Å². The zero-order chi connectivity index (χ0) is 17.0. The van der Waals surface area contributed by atoms with E-state index < -0.39 is 10.0 Å². The van der Waals surface area contributed by atoms with E-state index in [1.54, 1.807) is 30.7 Å². The molecule has 2 rings (SSSR count). The molecule has 0 unspecified atom stereocenters. The molecule has 0 radical (unpaired) electrons. The molecule has 0 amide bonds. The number of piperazine rings is 1. The molecule has 6 nitrogen and oxygen atoms in total. The maximum atomic E-state index is 12.9. The van der Waals surface area contributed by atoms with Crippen LogP contribution in [0, 0.1) is 13.8 Å². The minimum atomic E-state index is -3.46. The maximum Gasteiger partial charge on any atom is 0.243 e. The monoisotopic (exact) mass is 342 g/mol. The Morgan fingerprint density at radius 2 is 1.70 bits per heavy atom.